The summed E-state index contributed by atoms with van der Waals surface area (Å²) in [6.07, 6.45) is 1.92. The molecule has 0 aliphatic heterocycles. The minimum atomic E-state index is 0.367. The molecule has 0 spiro atoms. The zero-order valence-corrected chi connectivity index (χ0v) is 15.8. The van der Waals surface area contributed by atoms with Crippen molar-refractivity contribution in [3.63, 3.8) is 0 Å². The highest BCUT2D eigenvalue weighted by atomic mass is 16.5. The van der Waals surface area contributed by atoms with E-state index < -0.39 is 0 Å². The molecule has 4 heteroatoms. The van der Waals surface area contributed by atoms with Gasteiger partial charge in [-0.05, 0) is 62.1 Å². The molecule has 0 radical (unpaired) electrons. The number of nitrogens with one attached hydrogen (secondary N) is 1. The summed E-state index contributed by atoms with van der Waals surface area (Å²) in [5.74, 6) is 2.43. The Morgan fingerprint density at radius 3 is 1.84 bits per heavy atom. The third-order valence-electron chi connectivity index (χ3n) is 4.26. The van der Waals surface area contributed by atoms with Crippen molar-refractivity contribution in [3.05, 3.63) is 53.6 Å². The van der Waals surface area contributed by atoms with Gasteiger partial charge >= 0.3 is 0 Å². The van der Waals surface area contributed by atoms with Crippen molar-refractivity contribution in [2.45, 2.75) is 38.8 Å². The molecule has 0 heterocycles. The van der Waals surface area contributed by atoms with Crippen molar-refractivity contribution in [1.82, 2.24) is 5.32 Å². The summed E-state index contributed by atoms with van der Waals surface area (Å²) in [5, 5.41) is 3.67. The third kappa shape index (κ3) is 5.68. The summed E-state index contributed by atoms with van der Waals surface area (Å²) in [6.45, 7) is 4.43. The molecule has 0 aliphatic carbocycles. The van der Waals surface area contributed by atoms with Crippen LogP contribution in [0.1, 0.15) is 25.0 Å². The number of ether oxygens (including phenoxy) is 3. The van der Waals surface area contributed by atoms with Gasteiger partial charge in [-0.15, -0.1) is 0 Å². The second-order valence-corrected chi connectivity index (χ2v) is 6.41. The highest BCUT2D eigenvalue weighted by Gasteiger charge is 2.11. The first-order valence-corrected chi connectivity index (χ1v) is 8.65. The van der Waals surface area contributed by atoms with E-state index in [0.717, 1.165) is 30.1 Å². The van der Waals surface area contributed by atoms with E-state index in [9.17, 15) is 0 Å². The minimum absolute atomic E-state index is 0.367. The van der Waals surface area contributed by atoms with Gasteiger partial charge in [-0.3, -0.25) is 0 Å². The Labute approximate surface area is 151 Å². The monoisotopic (exact) mass is 343 g/mol. The van der Waals surface area contributed by atoms with Gasteiger partial charge in [-0.25, -0.2) is 0 Å². The quantitative estimate of drug-likeness (QED) is 0.750. The van der Waals surface area contributed by atoms with E-state index in [2.05, 4.69) is 37.4 Å². The molecule has 0 aliphatic rings. The first-order chi connectivity index (χ1) is 12.0. The van der Waals surface area contributed by atoms with Crippen LogP contribution in [-0.2, 0) is 12.8 Å². The van der Waals surface area contributed by atoms with Gasteiger partial charge < -0.3 is 19.5 Å². The van der Waals surface area contributed by atoms with Crippen LogP contribution in [-0.4, -0.2) is 33.4 Å². The summed E-state index contributed by atoms with van der Waals surface area (Å²) in [6, 6.07) is 15.1. The Morgan fingerprint density at radius 1 is 0.720 bits per heavy atom. The number of benzene rings is 2. The van der Waals surface area contributed by atoms with Crippen molar-refractivity contribution in [1.29, 1.82) is 0 Å². The first kappa shape index (κ1) is 19.1. The lowest BCUT2D eigenvalue weighted by molar-refractivity contribution is 0.354. The predicted molar refractivity (Wildman–Crippen MR) is 102 cm³/mol. The Bertz CT molecular complexity index is 655. The van der Waals surface area contributed by atoms with Crippen molar-refractivity contribution in [2.24, 2.45) is 0 Å². The number of hydrogen-bond donors (Lipinski definition) is 1. The van der Waals surface area contributed by atoms with Gasteiger partial charge in [0.1, 0.15) is 5.75 Å². The second kappa shape index (κ2) is 9.33. The fourth-order valence-corrected chi connectivity index (χ4v) is 3.08. The molecule has 0 unspecified atom stereocenters. The molecule has 2 aromatic carbocycles. The molecule has 0 bridgehead atoms. The third-order valence-corrected chi connectivity index (χ3v) is 4.26. The molecule has 0 fully saturated rings. The molecule has 1 N–H and O–H groups in total. The molecule has 0 saturated carbocycles. The van der Waals surface area contributed by atoms with E-state index in [0.29, 0.717) is 12.1 Å². The Balaban J connectivity index is 1.89. The van der Waals surface area contributed by atoms with Crippen LogP contribution in [0.15, 0.2) is 42.5 Å². The Morgan fingerprint density at radius 2 is 1.28 bits per heavy atom. The van der Waals surface area contributed by atoms with Crippen LogP contribution in [0.4, 0.5) is 0 Å². The summed E-state index contributed by atoms with van der Waals surface area (Å²) in [7, 11) is 5.01. The lowest BCUT2D eigenvalue weighted by atomic mass is 10.0. The molecule has 2 aromatic rings. The summed E-state index contributed by atoms with van der Waals surface area (Å²) >= 11 is 0. The molecule has 25 heavy (non-hydrogen) atoms. The van der Waals surface area contributed by atoms with Gasteiger partial charge in [-0.2, -0.15) is 0 Å². The second-order valence-electron chi connectivity index (χ2n) is 6.41. The molecule has 0 saturated heterocycles. The fourth-order valence-electron chi connectivity index (χ4n) is 3.08. The largest absolute Gasteiger partial charge is 0.497 e. The van der Waals surface area contributed by atoms with Crippen molar-refractivity contribution in [3.8, 4) is 17.2 Å². The number of methoxy groups -OCH3 is 3. The van der Waals surface area contributed by atoms with Gasteiger partial charge in [0, 0.05) is 12.1 Å². The van der Waals surface area contributed by atoms with Crippen molar-refractivity contribution < 1.29 is 14.2 Å². The highest BCUT2D eigenvalue weighted by molar-refractivity contribution is 5.43. The maximum atomic E-state index is 5.38. The maximum absolute atomic E-state index is 5.38. The minimum Gasteiger partial charge on any atom is -0.497 e. The summed E-state index contributed by atoms with van der Waals surface area (Å²) in [5.41, 5.74) is 2.54. The van der Waals surface area contributed by atoms with Gasteiger partial charge in [0.25, 0.3) is 0 Å². The van der Waals surface area contributed by atoms with Gasteiger partial charge in [-0.1, -0.05) is 18.2 Å². The van der Waals surface area contributed by atoms with Gasteiger partial charge in [0.2, 0.25) is 0 Å². The van der Waals surface area contributed by atoms with Crippen LogP contribution in [0.5, 0.6) is 17.2 Å². The van der Waals surface area contributed by atoms with Crippen LogP contribution in [0.3, 0.4) is 0 Å². The smallest absolute Gasteiger partial charge is 0.160 e. The van der Waals surface area contributed by atoms with E-state index >= 15 is 0 Å². The predicted octanol–water partition coefficient (Wildman–Crippen LogP) is 3.86. The van der Waals surface area contributed by atoms with E-state index in [1.165, 1.54) is 11.1 Å². The fraction of sp³-hybridized carbons (Fsp3) is 0.429. The molecule has 4 nitrogen and oxygen atoms in total. The number of rotatable bonds is 9. The van der Waals surface area contributed by atoms with Gasteiger partial charge in [0.15, 0.2) is 11.5 Å². The molecule has 136 valence electrons. The van der Waals surface area contributed by atoms with Crippen LogP contribution in [0.25, 0.3) is 0 Å². The maximum Gasteiger partial charge on any atom is 0.160 e. The first-order valence-electron chi connectivity index (χ1n) is 8.65. The van der Waals surface area contributed by atoms with Crippen LogP contribution in [0.2, 0.25) is 0 Å². The standard InChI is InChI=1S/C21H29NO3/c1-15(12-17-6-9-19(23-3)10-7-17)22-16(2)13-18-8-11-20(24-4)21(14-18)25-5/h6-11,14-16,22H,12-13H2,1-5H3/t15-,16+/m1/s1. The molecular formula is C21H29NO3. The number of hydrogen-bond acceptors (Lipinski definition) is 4. The van der Waals surface area contributed by atoms with E-state index in [1.54, 1.807) is 21.3 Å². The zero-order chi connectivity index (χ0) is 18.2. The lowest BCUT2D eigenvalue weighted by Gasteiger charge is -2.21. The van der Waals surface area contributed by atoms with Crippen molar-refractivity contribution >= 4 is 0 Å². The normalized spacial score (nSPS) is 13.2. The van der Waals surface area contributed by atoms with E-state index in [-0.39, 0.29) is 0 Å². The van der Waals surface area contributed by atoms with E-state index in [4.69, 9.17) is 14.2 Å². The Kier molecular flexibility index (Phi) is 7.14. The summed E-state index contributed by atoms with van der Waals surface area (Å²) in [4.78, 5) is 0. The van der Waals surface area contributed by atoms with Crippen LogP contribution < -0.4 is 19.5 Å². The molecule has 2 rings (SSSR count). The zero-order valence-electron chi connectivity index (χ0n) is 15.8. The molecule has 2 atom stereocenters. The average Bonchev–Trinajstić information content (AvgIpc) is 2.62. The van der Waals surface area contributed by atoms with E-state index in [1.807, 2.05) is 24.3 Å². The molecule has 0 amide bonds. The Hall–Kier alpha value is -2.20. The molecule has 0 aromatic heterocycles. The van der Waals surface area contributed by atoms with Crippen molar-refractivity contribution in [2.75, 3.05) is 21.3 Å². The van der Waals surface area contributed by atoms with Crippen LogP contribution >= 0.6 is 0 Å². The summed E-state index contributed by atoms with van der Waals surface area (Å²) < 4.78 is 15.9. The highest BCUT2D eigenvalue weighted by Crippen LogP contribution is 2.28. The average molecular weight is 343 g/mol. The SMILES string of the molecule is COc1ccc(C[C@@H](C)N[C@@H](C)Cc2ccc(OC)c(OC)c2)cc1. The topological polar surface area (TPSA) is 39.7 Å². The molecular weight excluding hydrogens is 314 g/mol. The van der Waals surface area contributed by atoms with Crippen LogP contribution in [0, 0.1) is 0 Å². The van der Waals surface area contributed by atoms with Gasteiger partial charge in [0.05, 0.1) is 21.3 Å². The lowest BCUT2D eigenvalue weighted by Crippen LogP contribution is -2.37.